The molecule has 1 aliphatic rings. The fraction of sp³-hybridized carbons (Fsp3) is 0.444. The first-order valence-corrected chi connectivity index (χ1v) is 9.10. The fourth-order valence-corrected chi connectivity index (χ4v) is 3.70. The number of rotatable bonds is 6. The molecule has 2 aromatic rings. The largest absolute Gasteiger partial charge is 0.493 e. The molecule has 1 aliphatic heterocycles. The molecule has 5 nitrogen and oxygen atoms in total. The molecule has 2 heterocycles. The summed E-state index contributed by atoms with van der Waals surface area (Å²) in [6.45, 7) is 3.26. The summed E-state index contributed by atoms with van der Waals surface area (Å²) in [5, 5.41) is 5.83. The van der Waals surface area contributed by atoms with Crippen LogP contribution in [0.25, 0.3) is 0 Å². The molecule has 1 aromatic carbocycles. The highest BCUT2D eigenvalue weighted by Gasteiger charge is 2.23. The van der Waals surface area contributed by atoms with Gasteiger partial charge in [0.15, 0.2) is 11.5 Å². The molecule has 0 fully saturated rings. The number of aromatic nitrogens is 1. The lowest BCUT2D eigenvalue weighted by molar-refractivity contribution is 0.0934. The number of nitrogens with one attached hydrogen (secondary N) is 1. The van der Waals surface area contributed by atoms with Gasteiger partial charge in [0.25, 0.3) is 5.91 Å². The number of aryl methyl sites for hydroxylation is 1. The minimum absolute atomic E-state index is 0.106. The van der Waals surface area contributed by atoms with Crippen molar-refractivity contribution in [2.45, 2.75) is 26.2 Å². The molecule has 0 spiro atoms. The number of thiazole rings is 1. The first-order chi connectivity index (χ1) is 11.7. The summed E-state index contributed by atoms with van der Waals surface area (Å²) >= 11 is 1.55. The number of nitrogens with zero attached hydrogens (tertiary/aromatic N) is 1. The molecule has 24 heavy (non-hydrogen) atoms. The van der Waals surface area contributed by atoms with Crippen molar-refractivity contribution in [3.8, 4) is 11.5 Å². The highest BCUT2D eigenvalue weighted by atomic mass is 32.1. The van der Waals surface area contributed by atoms with Crippen molar-refractivity contribution in [1.29, 1.82) is 0 Å². The quantitative estimate of drug-likeness (QED) is 0.873. The van der Waals surface area contributed by atoms with E-state index in [1.165, 1.54) is 0 Å². The molecule has 0 unspecified atom stereocenters. The Hall–Kier alpha value is -2.08. The van der Waals surface area contributed by atoms with E-state index >= 15 is 0 Å². The summed E-state index contributed by atoms with van der Waals surface area (Å²) in [6.07, 6.45) is 2.83. The molecular weight excluding hydrogens is 324 g/mol. The van der Waals surface area contributed by atoms with Crippen LogP contribution in [-0.4, -0.2) is 31.2 Å². The molecule has 3 rings (SSSR count). The van der Waals surface area contributed by atoms with Crippen molar-refractivity contribution in [2.24, 2.45) is 5.92 Å². The van der Waals surface area contributed by atoms with Crippen LogP contribution >= 0.6 is 11.3 Å². The Morgan fingerprint density at radius 2 is 2.38 bits per heavy atom. The predicted molar refractivity (Wildman–Crippen MR) is 94.1 cm³/mol. The summed E-state index contributed by atoms with van der Waals surface area (Å²) in [5.41, 5.74) is 1.64. The van der Waals surface area contributed by atoms with E-state index < -0.39 is 0 Å². The van der Waals surface area contributed by atoms with Crippen molar-refractivity contribution in [3.63, 3.8) is 0 Å². The lowest BCUT2D eigenvalue weighted by atomic mass is 9.96. The van der Waals surface area contributed by atoms with Crippen LogP contribution in [0.1, 0.15) is 34.4 Å². The number of benzene rings is 1. The van der Waals surface area contributed by atoms with E-state index in [0.717, 1.165) is 41.3 Å². The molecule has 0 saturated carbocycles. The topological polar surface area (TPSA) is 60.5 Å². The normalized spacial score (nSPS) is 16.2. The van der Waals surface area contributed by atoms with E-state index in [1.807, 2.05) is 23.6 Å². The lowest BCUT2D eigenvalue weighted by Crippen LogP contribution is -2.35. The summed E-state index contributed by atoms with van der Waals surface area (Å²) in [4.78, 5) is 16.6. The Bertz CT molecular complexity index is 714. The fourth-order valence-electron chi connectivity index (χ4n) is 2.82. The Morgan fingerprint density at radius 1 is 1.50 bits per heavy atom. The van der Waals surface area contributed by atoms with E-state index in [4.69, 9.17) is 9.47 Å². The van der Waals surface area contributed by atoms with Crippen LogP contribution in [0.5, 0.6) is 11.5 Å². The van der Waals surface area contributed by atoms with Gasteiger partial charge in [-0.05, 0) is 30.9 Å². The molecule has 0 aliphatic carbocycles. The zero-order valence-corrected chi connectivity index (χ0v) is 14.8. The third-order valence-electron chi connectivity index (χ3n) is 4.05. The third-order valence-corrected chi connectivity index (χ3v) is 4.96. The number of amides is 1. The number of hydrogen-bond acceptors (Lipinski definition) is 5. The first-order valence-electron chi connectivity index (χ1n) is 8.22. The van der Waals surface area contributed by atoms with Gasteiger partial charge in [-0.25, -0.2) is 4.98 Å². The zero-order valence-electron chi connectivity index (χ0n) is 14.0. The lowest BCUT2D eigenvalue weighted by Gasteiger charge is -2.26. The Balaban J connectivity index is 1.56. The standard InChI is InChI=1S/C18H22N2O3S/c1-3-5-16-20-14(11-24-16)18(21)19-9-12-8-13-6-4-7-15(22-2)17(13)23-10-12/h4,6-7,11-12H,3,5,8-10H2,1-2H3,(H,19,21)/t12-/m1/s1. The maximum Gasteiger partial charge on any atom is 0.270 e. The maximum atomic E-state index is 12.2. The van der Waals surface area contributed by atoms with Gasteiger partial charge in [0.1, 0.15) is 5.69 Å². The summed E-state index contributed by atoms with van der Waals surface area (Å²) in [7, 11) is 1.64. The van der Waals surface area contributed by atoms with E-state index in [0.29, 0.717) is 18.8 Å². The van der Waals surface area contributed by atoms with E-state index in [2.05, 4.69) is 17.2 Å². The van der Waals surface area contributed by atoms with Gasteiger partial charge in [-0.15, -0.1) is 11.3 Å². The molecule has 6 heteroatoms. The highest BCUT2D eigenvalue weighted by molar-refractivity contribution is 7.09. The third kappa shape index (κ3) is 3.70. The maximum absolute atomic E-state index is 12.2. The molecule has 0 saturated heterocycles. The van der Waals surface area contributed by atoms with Crippen LogP contribution < -0.4 is 14.8 Å². The average Bonchev–Trinajstić information content (AvgIpc) is 3.08. The molecule has 1 aromatic heterocycles. The number of methoxy groups -OCH3 is 1. The van der Waals surface area contributed by atoms with Gasteiger partial charge in [-0.2, -0.15) is 0 Å². The zero-order chi connectivity index (χ0) is 16.9. The first kappa shape index (κ1) is 16.8. The van der Waals surface area contributed by atoms with E-state index in [9.17, 15) is 4.79 Å². The number of fused-ring (bicyclic) bond motifs is 1. The van der Waals surface area contributed by atoms with E-state index in [-0.39, 0.29) is 11.8 Å². The van der Waals surface area contributed by atoms with Gasteiger partial charge in [-0.1, -0.05) is 19.1 Å². The van der Waals surface area contributed by atoms with Crippen LogP contribution in [0.2, 0.25) is 0 Å². The minimum Gasteiger partial charge on any atom is -0.493 e. The van der Waals surface area contributed by atoms with E-state index in [1.54, 1.807) is 18.4 Å². The average molecular weight is 346 g/mol. The molecule has 0 radical (unpaired) electrons. The Morgan fingerprint density at radius 3 is 3.17 bits per heavy atom. The summed E-state index contributed by atoms with van der Waals surface area (Å²) < 4.78 is 11.2. The van der Waals surface area contributed by atoms with Crippen molar-refractivity contribution < 1.29 is 14.3 Å². The molecule has 0 bridgehead atoms. The van der Waals surface area contributed by atoms with Crippen LogP contribution in [0.15, 0.2) is 23.6 Å². The molecule has 1 amide bonds. The number of ether oxygens (including phenoxy) is 2. The van der Waals surface area contributed by atoms with Crippen LogP contribution in [0.3, 0.4) is 0 Å². The van der Waals surface area contributed by atoms with Crippen molar-refractivity contribution in [3.05, 3.63) is 39.8 Å². The van der Waals surface area contributed by atoms with Gasteiger partial charge in [-0.3, -0.25) is 4.79 Å². The van der Waals surface area contributed by atoms with Crippen LogP contribution in [-0.2, 0) is 12.8 Å². The van der Waals surface area contributed by atoms with Crippen molar-refractivity contribution in [2.75, 3.05) is 20.3 Å². The van der Waals surface area contributed by atoms with Crippen LogP contribution in [0.4, 0.5) is 0 Å². The second-order valence-corrected chi connectivity index (χ2v) is 6.86. The number of hydrogen-bond donors (Lipinski definition) is 1. The SMILES string of the molecule is CCCc1nc(C(=O)NC[C@@H]2COc3c(cccc3OC)C2)cs1. The van der Waals surface area contributed by atoms with Gasteiger partial charge in [0.05, 0.1) is 18.7 Å². The van der Waals surface area contributed by atoms with Crippen molar-refractivity contribution in [1.82, 2.24) is 10.3 Å². The number of carbonyl (C=O) groups excluding carboxylic acids is 1. The molecular formula is C18H22N2O3S. The van der Waals surface area contributed by atoms with Gasteiger partial charge < -0.3 is 14.8 Å². The monoisotopic (exact) mass is 346 g/mol. The number of para-hydroxylation sites is 1. The second-order valence-electron chi connectivity index (χ2n) is 5.92. The predicted octanol–water partition coefficient (Wildman–Crippen LogP) is 3.09. The van der Waals surface area contributed by atoms with Gasteiger partial charge >= 0.3 is 0 Å². The highest BCUT2D eigenvalue weighted by Crippen LogP contribution is 2.35. The Labute approximate surface area is 146 Å². The smallest absolute Gasteiger partial charge is 0.270 e. The van der Waals surface area contributed by atoms with Crippen molar-refractivity contribution >= 4 is 17.2 Å². The molecule has 1 atom stereocenters. The van der Waals surface area contributed by atoms with Crippen LogP contribution in [0, 0.1) is 5.92 Å². The van der Waals surface area contributed by atoms with Gasteiger partial charge in [0, 0.05) is 17.8 Å². The molecule has 1 N–H and O–H groups in total. The second kappa shape index (κ2) is 7.66. The molecule has 128 valence electrons. The number of carbonyl (C=O) groups is 1. The minimum atomic E-state index is -0.106. The Kier molecular flexibility index (Phi) is 5.35. The van der Waals surface area contributed by atoms with Gasteiger partial charge in [0.2, 0.25) is 0 Å². The summed E-state index contributed by atoms with van der Waals surface area (Å²) in [5.74, 6) is 1.74. The summed E-state index contributed by atoms with van der Waals surface area (Å²) in [6, 6.07) is 5.91.